The van der Waals surface area contributed by atoms with Crippen molar-refractivity contribution in [2.75, 3.05) is 39.9 Å². The average Bonchev–Trinajstić information content (AvgIpc) is 3.83. The van der Waals surface area contributed by atoms with Crippen molar-refractivity contribution in [2.24, 2.45) is 34.5 Å². The summed E-state index contributed by atoms with van der Waals surface area (Å²) in [6, 6.07) is 13.2. The molecule has 10 N–H and O–H groups in total. The van der Waals surface area contributed by atoms with Crippen LogP contribution in [0, 0.1) is 17.3 Å². The number of nitrogens with one attached hydrogen (secondary N) is 4. The predicted octanol–water partition coefficient (Wildman–Crippen LogP) is 6.85. The summed E-state index contributed by atoms with van der Waals surface area (Å²) >= 11 is 0. The molecule has 1 saturated heterocycles. The Morgan fingerprint density at radius 3 is 2.03 bits per heavy atom. The lowest BCUT2D eigenvalue weighted by molar-refractivity contribution is -0.199. The van der Waals surface area contributed by atoms with Crippen molar-refractivity contribution in [1.29, 1.82) is 0 Å². The van der Waals surface area contributed by atoms with E-state index in [1.165, 1.54) is 76.7 Å². The minimum atomic E-state index is -1.36. The summed E-state index contributed by atoms with van der Waals surface area (Å²) < 4.78 is 25.7. The second-order valence-electron chi connectivity index (χ2n) is 23.4. The van der Waals surface area contributed by atoms with Gasteiger partial charge in [-0.2, -0.15) is 0 Å². The second-order valence-corrected chi connectivity index (χ2v) is 23.4. The molecule has 0 radical (unpaired) electrons. The number of carbonyl (C=O) groups excluding carboxylic acids is 5. The number of likely N-dealkylation sites (N-methyl/N-ethyl adjacent to an activating group) is 1. The van der Waals surface area contributed by atoms with Crippen LogP contribution in [0.5, 0.6) is 11.5 Å². The fourth-order valence-corrected chi connectivity index (χ4v) is 12.4. The fraction of sp³-hybridized carbons (Fsp3) is 0.623. The van der Waals surface area contributed by atoms with Gasteiger partial charge in [-0.1, -0.05) is 109 Å². The van der Waals surface area contributed by atoms with E-state index in [1.807, 2.05) is 31.2 Å². The van der Waals surface area contributed by atoms with Gasteiger partial charge >= 0.3 is 7.12 Å². The Bertz CT molecular complexity index is 2550. The topological polar surface area (TPSA) is 252 Å². The van der Waals surface area contributed by atoms with Crippen molar-refractivity contribution in [3.63, 3.8) is 0 Å². The molecule has 17 nitrogen and oxygen atoms in total. The molecule has 5 aliphatic rings. The van der Waals surface area contributed by atoms with E-state index in [9.17, 15) is 24.0 Å². The third kappa shape index (κ3) is 14.9. The SMILES string of the molecule is CCCCCCCCCCCCCc1ccc(C(=O)N[C@@H](CCN)C(=O)N(C)[C@@H]2C(=O)N[C@@H](C)C(=O)N[C@H](C(=O)N[C@@H](C)B3O[C@@H]4C[C@@H]5C[C@@H](C5(C)C)[C@]4(C)O3)Cc3ccc(OCCN)c(c3)-c3cc2ccc3OCCN)cc1. The summed E-state index contributed by atoms with van der Waals surface area (Å²) in [6.07, 6.45) is 16.9. The van der Waals surface area contributed by atoms with Gasteiger partial charge in [-0.15, -0.1) is 0 Å². The zero-order valence-corrected chi connectivity index (χ0v) is 48.2. The van der Waals surface area contributed by atoms with Crippen molar-refractivity contribution in [3.8, 4) is 22.6 Å². The molecule has 432 valence electrons. The third-order valence-corrected chi connectivity index (χ3v) is 17.3. The maximum atomic E-state index is 14.9. The maximum Gasteiger partial charge on any atom is 0.481 e. The number of amides is 5. The van der Waals surface area contributed by atoms with Gasteiger partial charge in [0.1, 0.15) is 48.9 Å². The van der Waals surface area contributed by atoms with E-state index in [1.54, 1.807) is 36.4 Å². The molecular weight excluding hydrogens is 1000 g/mol. The van der Waals surface area contributed by atoms with Gasteiger partial charge in [-0.3, -0.25) is 24.0 Å². The Kier molecular flexibility index (Phi) is 21.9. The Morgan fingerprint density at radius 1 is 0.785 bits per heavy atom. The summed E-state index contributed by atoms with van der Waals surface area (Å²) in [4.78, 5) is 73.7. The molecule has 4 fully saturated rings. The first-order valence-electron chi connectivity index (χ1n) is 29.5. The van der Waals surface area contributed by atoms with E-state index < -0.39 is 72.4 Å². The highest BCUT2D eigenvalue weighted by atomic mass is 16.7. The van der Waals surface area contributed by atoms with Crippen LogP contribution in [0.2, 0.25) is 0 Å². The predicted molar refractivity (Wildman–Crippen MR) is 309 cm³/mol. The smallest absolute Gasteiger partial charge is 0.481 e. The minimum Gasteiger partial charge on any atom is -0.492 e. The van der Waals surface area contributed by atoms with Crippen LogP contribution in [0.1, 0.15) is 165 Å². The molecule has 3 aromatic carbocycles. The number of aryl methyl sites for hydroxylation is 1. The molecule has 18 heteroatoms. The number of rotatable bonds is 27. The van der Waals surface area contributed by atoms with Crippen LogP contribution in [-0.2, 0) is 41.3 Å². The highest BCUT2D eigenvalue weighted by molar-refractivity contribution is 6.47. The molecule has 0 spiro atoms. The van der Waals surface area contributed by atoms with Crippen LogP contribution >= 0.6 is 0 Å². The molecule has 2 aliphatic heterocycles. The van der Waals surface area contributed by atoms with Crippen LogP contribution in [0.4, 0.5) is 0 Å². The maximum absolute atomic E-state index is 14.9. The van der Waals surface area contributed by atoms with Gasteiger partial charge in [0.25, 0.3) is 5.91 Å². The Hall–Kier alpha value is -5.53. The Labute approximate surface area is 469 Å². The first kappa shape index (κ1) is 61.1. The van der Waals surface area contributed by atoms with Gasteiger partial charge in [0.05, 0.1) is 17.6 Å². The molecule has 9 atom stereocenters. The number of nitrogens with zero attached hydrogens (tertiary/aromatic N) is 1. The van der Waals surface area contributed by atoms with Crippen LogP contribution in [0.25, 0.3) is 11.1 Å². The number of unbranched alkanes of at least 4 members (excludes halogenated alkanes) is 10. The number of carbonyl (C=O) groups is 5. The molecule has 6 bridgehead atoms. The molecule has 2 heterocycles. The number of ether oxygens (including phenoxy) is 2. The highest BCUT2D eigenvalue weighted by Gasteiger charge is 2.68. The summed E-state index contributed by atoms with van der Waals surface area (Å²) in [5.74, 6) is -1.70. The zero-order chi connectivity index (χ0) is 56.9. The van der Waals surface area contributed by atoms with Gasteiger partial charge in [0.2, 0.25) is 23.6 Å². The molecule has 79 heavy (non-hydrogen) atoms. The third-order valence-electron chi connectivity index (χ3n) is 17.3. The standard InChI is InChI=1S/C61H91BN8O9/c1-8-9-10-11-12-13-14-15-16-17-18-19-41-20-23-43(24-21-41)56(72)68-48(28-29-63)59(75)70(7)54-44-25-27-51(77-33-31-65)47(36-44)46-34-42(22-26-50(46)76-32-30-64)35-49(69-55(71)39(2)66-58(54)74)57(73)67-40(3)62-78-53-38-45-37-52(60(45,4)5)61(53,6)79-62/h20-27,34,36,39-40,45,48-49,52-54H,8-19,28-33,35,37-38,63-65H2,1-7H3,(H,66,74)(H,67,73)(H,68,72)(H,69,71)/t39-,40-,45-,48-,49-,52-,53+,54-,61-/m0/s1. The van der Waals surface area contributed by atoms with E-state index in [4.69, 9.17) is 36.0 Å². The van der Waals surface area contributed by atoms with Crippen molar-refractivity contribution < 1.29 is 42.8 Å². The van der Waals surface area contributed by atoms with E-state index in [2.05, 4.69) is 49.0 Å². The van der Waals surface area contributed by atoms with Crippen LogP contribution in [0.15, 0.2) is 60.7 Å². The van der Waals surface area contributed by atoms with Gasteiger partial charge in [-0.25, -0.2) is 0 Å². The lowest BCUT2D eigenvalue weighted by Gasteiger charge is -2.64. The van der Waals surface area contributed by atoms with E-state index in [0.717, 1.165) is 37.7 Å². The zero-order valence-electron chi connectivity index (χ0n) is 48.2. The van der Waals surface area contributed by atoms with E-state index in [0.29, 0.717) is 51.2 Å². The van der Waals surface area contributed by atoms with Crippen LogP contribution in [0.3, 0.4) is 0 Å². The summed E-state index contributed by atoms with van der Waals surface area (Å²) in [5, 5.41) is 11.7. The number of hydrogen-bond donors (Lipinski definition) is 7. The number of nitrogens with two attached hydrogens (primary N) is 3. The summed E-state index contributed by atoms with van der Waals surface area (Å²) in [6.45, 7) is 13.1. The Morgan fingerprint density at radius 2 is 1.41 bits per heavy atom. The molecule has 3 aromatic rings. The van der Waals surface area contributed by atoms with Crippen molar-refractivity contribution in [2.45, 2.75) is 186 Å². The lowest BCUT2D eigenvalue weighted by Crippen LogP contribution is -2.65. The van der Waals surface area contributed by atoms with Gasteiger partial charge < -0.3 is 62.2 Å². The molecule has 0 aromatic heterocycles. The largest absolute Gasteiger partial charge is 0.492 e. The van der Waals surface area contributed by atoms with Crippen molar-refractivity contribution in [3.05, 3.63) is 82.9 Å². The molecule has 5 amide bonds. The molecule has 8 rings (SSSR count). The molecule has 3 saturated carbocycles. The van der Waals surface area contributed by atoms with Crippen LogP contribution in [-0.4, -0.2) is 117 Å². The first-order valence-corrected chi connectivity index (χ1v) is 29.5. The van der Waals surface area contributed by atoms with Gasteiger partial charge in [0, 0.05) is 43.2 Å². The number of hydrogen-bond acceptors (Lipinski definition) is 12. The second kappa shape index (κ2) is 28.3. The number of fused-ring (bicyclic) bond motifs is 5. The van der Waals surface area contributed by atoms with Crippen LogP contribution < -0.4 is 47.9 Å². The normalized spacial score (nSPS) is 23.9. The average molecular weight is 1090 g/mol. The number of benzene rings is 3. The van der Waals surface area contributed by atoms with E-state index >= 15 is 0 Å². The molecule has 0 unspecified atom stereocenters. The van der Waals surface area contributed by atoms with Crippen molar-refractivity contribution >= 4 is 36.7 Å². The lowest BCUT2D eigenvalue weighted by atomic mass is 9.43. The van der Waals surface area contributed by atoms with Gasteiger partial charge in [0.15, 0.2) is 0 Å². The summed E-state index contributed by atoms with van der Waals surface area (Å²) in [7, 11) is 0.772. The minimum absolute atomic E-state index is 0.0518. The summed E-state index contributed by atoms with van der Waals surface area (Å²) in [5.41, 5.74) is 21.2. The molecule has 3 aliphatic carbocycles. The van der Waals surface area contributed by atoms with Crippen molar-refractivity contribution in [1.82, 2.24) is 26.2 Å². The Balaban J connectivity index is 1.10. The van der Waals surface area contributed by atoms with Gasteiger partial charge in [-0.05, 0) is 130 Å². The quantitative estimate of drug-likeness (QED) is 0.0306. The monoisotopic (exact) mass is 1090 g/mol. The van der Waals surface area contributed by atoms with E-state index in [-0.39, 0.29) is 57.2 Å². The fourth-order valence-electron chi connectivity index (χ4n) is 12.4. The highest BCUT2D eigenvalue weighted by Crippen LogP contribution is 2.65. The molecular formula is C61H91BN8O9. The first-order chi connectivity index (χ1) is 37.9.